The Morgan fingerprint density at radius 2 is 1.02 bits per heavy atom. The monoisotopic (exact) mass is 838 g/mol. The Labute approximate surface area is 358 Å². The van der Waals surface area contributed by atoms with Crippen LogP contribution in [0, 0.1) is 0 Å². The lowest BCUT2D eigenvalue weighted by molar-refractivity contribution is -0.303. The van der Waals surface area contributed by atoms with Gasteiger partial charge >= 0.3 is 0 Å². The lowest BCUT2D eigenvalue weighted by Gasteiger charge is -2.40. The van der Waals surface area contributed by atoms with Crippen LogP contribution >= 0.6 is 0 Å². The number of allylic oxidation sites excluding steroid dienone is 8. The molecule has 0 bridgehead atoms. The highest BCUT2D eigenvalue weighted by atomic mass is 16.7. The van der Waals surface area contributed by atoms with Gasteiger partial charge in [0.15, 0.2) is 6.29 Å². The number of aliphatic hydroxyl groups excluding tert-OH is 7. The van der Waals surface area contributed by atoms with E-state index in [1.165, 1.54) is 77.0 Å². The van der Waals surface area contributed by atoms with Crippen LogP contribution in [0.3, 0.4) is 0 Å². The van der Waals surface area contributed by atoms with Gasteiger partial charge in [0.2, 0.25) is 5.91 Å². The highest BCUT2D eigenvalue weighted by Gasteiger charge is 2.44. The van der Waals surface area contributed by atoms with Gasteiger partial charge in [-0.2, -0.15) is 0 Å². The predicted molar refractivity (Wildman–Crippen MR) is 238 cm³/mol. The number of amides is 1. The highest BCUT2D eigenvalue weighted by molar-refractivity contribution is 5.80. The van der Waals surface area contributed by atoms with Gasteiger partial charge in [-0.25, -0.2) is 0 Å². The molecule has 0 aromatic heterocycles. The van der Waals surface area contributed by atoms with Crippen molar-refractivity contribution in [2.45, 2.75) is 236 Å². The second-order valence-electron chi connectivity index (χ2n) is 16.4. The number of hydrogen-bond donors (Lipinski definition) is 8. The van der Waals surface area contributed by atoms with Crippen LogP contribution in [0.25, 0.3) is 0 Å². The Morgan fingerprint density at radius 3 is 1.53 bits per heavy atom. The van der Waals surface area contributed by atoms with E-state index in [1.54, 1.807) is 0 Å². The Balaban J connectivity index is 2.51. The molecule has 0 aromatic carbocycles. The number of carbonyl (C=O) groups is 1. The summed E-state index contributed by atoms with van der Waals surface area (Å²) in [6.45, 7) is 3.38. The van der Waals surface area contributed by atoms with Crippen LogP contribution in [-0.2, 0) is 14.3 Å². The molecular weight excluding hydrogens is 751 g/mol. The minimum absolute atomic E-state index is 0.234. The zero-order valence-electron chi connectivity index (χ0n) is 37.0. The molecule has 0 saturated carbocycles. The zero-order valence-corrected chi connectivity index (χ0v) is 37.0. The topological polar surface area (TPSA) is 189 Å². The molecule has 9 unspecified atom stereocenters. The molecule has 11 heteroatoms. The van der Waals surface area contributed by atoms with Crippen molar-refractivity contribution >= 4 is 5.91 Å². The largest absolute Gasteiger partial charge is 0.394 e. The maximum absolute atomic E-state index is 13.1. The first-order valence-corrected chi connectivity index (χ1v) is 23.5. The minimum atomic E-state index is -1.67. The zero-order chi connectivity index (χ0) is 43.4. The van der Waals surface area contributed by atoms with Gasteiger partial charge in [0.25, 0.3) is 0 Å². The van der Waals surface area contributed by atoms with E-state index in [0.29, 0.717) is 19.3 Å². The number of nitrogens with one attached hydrogen (secondary N) is 1. The van der Waals surface area contributed by atoms with Gasteiger partial charge in [0.1, 0.15) is 36.6 Å². The molecule has 0 aliphatic carbocycles. The highest BCUT2D eigenvalue weighted by Crippen LogP contribution is 2.23. The van der Waals surface area contributed by atoms with Crippen molar-refractivity contribution in [2.24, 2.45) is 0 Å². The number of carbonyl (C=O) groups excluding carboxylic acids is 1. The van der Waals surface area contributed by atoms with Gasteiger partial charge in [-0.3, -0.25) is 4.79 Å². The Bertz CT molecular complexity index is 1100. The van der Waals surface area contributed by atoms with E-state index in [1.807, 2.05) is 0 Å². The summed E-state index contributed by atoms with van der Waals surface area (Å²) < 4.78 is 11.1. The molecule has 0 radical (unpaired) electrons. The van der Waals surface area contributed by atoms with E-state index in [4.69, 9.17) is 9.47 Å². The molecule has 1 saturated heterocycles. The van der Waals surface area contributed by atoms with Crippen LogP contribution < -0.4 is 5.32 Å². The predicted octanol–water partition coefficient (Wildman–Crippen LogP) is 7.78. The molecule has 1 fully saturated rings. The number of aliphatic hydroxyl groups is 7. The summed E-state index contributed by atoms with van der Waals surface area (Å²) >= 11 is 0. The quantitative estimate of drug-likeness (QED) is 0.0225. The second kappa shape index (κ2) is 37.8. The molecule has 1 aliphatic heterocycles. The summed E-state index contributed by atoms with van der Waals surface area (Å²) in [7, 11) is 0. The number of ether oxygens (including phenoxy) is 2. The van der Waals surface area contributed by atoms with Gasteiger partial charge in [-0.15, -0.1) is 0 Å². The van der Waals surface area contributed by atoms with Crippen molar-refractivity contribution in [3.63, 3.8) is 0 Å². The van der Waals surface area contributed by atoms with E-state index < -0.39 is 74.2 Å². The molecule has 59 heavy (non-hydrogen) atoms. The lowest BCUT2D eigenvalue weighted by atomic mass is 9.98. The molecule has 11 nitrogen and oxygen atoms in total. The van der Waals surface area contributed by atoms with E-state index in [0.717, 1.165) is 57.8 Å². The summed E-state index contributed by atoms with van der Waals surface area (Å²) in [6, 6.07) is -1.20. The summed E-state index contributed by atoms with van der Waals surface area (Å²) in [5.41, 5.74) is 0. The molecule has 344 valence electrons. The van der Waals surface area contributed by atoms with Crippen LogP contribution in [0.5, 0.6) is 0 Å². The Morgan fingerprint density at radius 1 is 0.576 bits per heavy atom. The van der Waals surface area contributed by atoms with Crippen LogP contribution in [0.15, 0.2) is 48.6 Å². The van der Waals surface area contributed by atoms with Crippen LogP contribution in [0.1, 0.15) is 181 Å². The van der Waals surface area contributed by atoms with Crippen molar-refractivity contribution in [3.05, 3.63) is 48.6 Å². The van der Waals surface area contributed by atoms with E-state index in [-0.39, 0.29) is 12.8 Å². The van der Waals surface area contributed by atoms with E-state index >= 15 is 0 Å². The van der Waals surface area contributed by atoms with Crippen LogP contribution in [0.2, 0.25) is 0 Å². The van der Waals surface area contributed by atoms with Crippen molar-refractivity contribution in [3.8, 4) is 0 Å². The smallest absolute Gasteiger partial charge is 0.249 e. The van der Waals surface area contributed by atoms with Gasteiger partial charge < -0.3 is 50.5 Å². The van der Waals surface area contributed by atoms with Crippen LogP contribution in [-0.4, -0.2) is 110 Å². The van der Waals surface area contributed by atoms with E-state index in [9.17, 15) is 40.5 Å². The normalized spacial score (nSPS) is 22.2. The fraction of sp³-hybridized carbons (Fsp3) is 0.812. The molecule has 1 amide bonds. The average molecular weight is 838 g/mol. The summed E-state index contributed by atoms with van der Waals surface area (Å²) in [5, 5.41) is 75.6. The second-order valence-corrected chi connectivity index (χ2v) is 16.4. The molecule has 8 N–H and O–H groups in total. The Kier molecular flexibility index (Phi) is 35.3. The van der Waals surface area contributed by atoms with Gasteiger partial charge in [-0.1, -0.05) is 140 Å². The number of unbranched alkanes of at least 4 members (excludes halogenated alkanes) is 18. The third kappa shape index (κ3) is 27.6. The summed E-state index contributed by atoms with van der Waals surface area (Å²) in [4.78, 5) is 13.1. The minimum Gasteiger partial charge on any atom is -0.394 e. The van der Waals surface area contributed by atoms with Crippen molar-refractivity contribution in [2.75, 3.05) is 13.2 Å². The van der Waals surface area contributed by atoms with Crippen molar-refractivity contribution in [1.29, 1.82) is 0 Å². The summed E-state index contributed by atoms with van der Waals surface area (Å²) in [6.07, 6.45) is 33.0. The first-order chi connectivity index (χ1) is 28.7. The third-order valence-electron chi connectivity index (χ3n) is 11.1. The SMILES string of the molecule is CCCCCC/C=C/CC/C=C/CC/C=C/CCCC(O)C(O)C(COC1OC(CO)C(O)C(O)C1O)NC(=O)C(O)CCCCCC/C=C\CCCCCCCCC. The van der Waals surface area contributed by atoms with Crippen molar-refractivity contribution in [1.82, 2.24) is 5.32 Å². The third-order valence-corrected chi connectivity index (χ3v) is 11.1. The molecule has 1 rings (SSSR count). The average Bonchev–Trinajstić information content (AvgIpc) is 3.23. The summed E-state index contributed by atoms with van der Waals surface area (Å²) in [5.74, 6) is -0.724. The molecule has 1 heterocycles. The first kappa shape index (κ1) is 55.1. The van der Waals surface area contributed by atoms with Gasteiger partial charge in [0, 0.05) is 0 Å². The number of rotatable bonds is 38. The maximum Gasteiger partial charge on any atom is 0.249 e. The van der Waals surface area contributed by atoms with E-state index in [2.05, 4.69) is 67.8 Å². The Hall–Kier alpha value is -1.93. The van der Waals surface area contributed by atoms with Gasteiger partial charge in [-0.05, 0) is 89.9 Å². The molecule has 0 aromatic rings. The lowest BCUT2D eigenvalue weighted by Crippen LogP contribution is -2.60. The maximum atomic E-state index is 13.1. The molecule has 1 aliphatic rings. The fourth-order valence-electron chi connectivity index (χ4n) is 7.11. The fourth-order valence-corrected chi connectivity index (χ4v) is 7.11. The number of hydrogen-bond acceptors (Lipinski definition) is 10. The van der Waals surface area contributed by atoms with Gasteiger partial charge in [0.05, 0.1) is 25.4 Å². The molecule has 0 spiro atoms. The van der Waals surface area contributed by atoms with Crippen LogP contribution in [0.4, 0.5) is 0 Å². The first-order valence-electron chi connectivity index (χ1n) is 23.5. The molecule has 9 atom stereocenters. The van der Waals surface area contributed by atoms with Crippen molar-refractivity contribution < 1.29 is 50.0 Å². The standard InChI is InChI=1S/C48H87NO10/c1-3-5-7-9-11-13-15-17-19-20-22-23-25-27-29-31-33-35-40(51)43(53)39(38-58-48-46(56)45(55)44(54)42(37-50)59-48)49-47(57)41(52)36-34-32-30-28-26-24-21-18-16-14-12-10-8-6-4-2/h13,15,20-22,24,27,29,39-46,48,50-56H,3-12,14,16-19,23,25-26,28,30-38H2,1-2H3,(H,49,57)/b15-13+,22-20+,24-21-,29-27+. The molecular formula is C48H87NO10.